The lowest BCUT2D eigenvalue weighted by molar-refractivity contribution is -0.192. The molecule has 1 aliphatic heterocycles. The highest BCUT2D eigenvalue weighted by atomic mass is 19.4. The number of amides is 1. The third kappa shape index (κ3) is 9.27. The lowest BCUT2D eigenvalue weighted by Gasteiger charge is -2.31. The van der Waals surface area contributed by atoms with E-state index in [9.17, 15) is 18.0 Å². The molecule has 1 aliphatic rings. The molecule has 0 radical (unpaired) electrons. The Labute approximate surface area is 169 Å². The molecule has 0 saturated carbocycles. The molecule has 1 heterocycles. The lowest BCUT2D eigenvalue weighted by atomic mass is 10.1. The van der Waals surface area contributed by atoms with Crippen molar-refractivity contribution in [2.24, 2.45) is 0 Å². The van der Waals surface area contributed by atoms with Gasteiger partial charge in [-0.15, -0.1) is 0 Å². The standard InChI is InChI=1S/C18H29N3O.C2HF3O2/c1-3-7-16(2)21(17-8-5-4-6-9-17)18(22)10-13-20-14-11-19-12-15-20;3-2(4,5)1(6)7/h4-6,8-9,16,19H,3,7,10-15H2,1-2H3;(H,6,7). The first-order valence-corrected chi connectivity index (χ1v) is 9.77. The van der Waals surface area contributed by atoms with Crippen LogP contribution in [0.2, 0.25) is 0 Å². The van der Waals surface area contributed by atoms with E-state index in [0.29, 0.717) is 6.42 Å². The number of carbonyl (C=O) groups is 2. The van der Waals surface area contributed by atoms with E-state index >= 15 is 0 Å². The van der Waals surface area contributed by atoms with E-state index in [1.807, 2.05) is 35.2 Å². The fourth-order valence-corrected chi connectivity index (χ4v) is 3.09. The predicted octanol–water partition coefficient (Wildman–Crippen LogP) is 3.14. The van der Waals surface area contributed by atoms with Gasteiger partial charge >= 0.3 is 12.1 Å². The number of nitrogens with zero attached hydrogens (tertiary/aromatic N) is 2. The summed E-state index contributed by atoms with van der Waals surface area (Å²) in [5.74, 6) is -2.52. The Balaban J connectivity index is 0.000000516. The molecule has 164 valence electrons. The molecule has 0 bridgehead atoms. The quantitative estimate of drug-likeness (QED) is 0.713. The monoisotopic (exact) mass is 417 g/mol. The molecular formula is C20H30F3N3O3. The number of halogens is 3. The topological polar surface area (TPSA) is 72.9 Å². The number of hydrogen-bond donors (Lipinski definition) is 2. The van der Waals surface area contributed by atoms with Crippen LogP contribution in [0.4, 0.5) is 18.9 Å². The number of alkyl halides is 3. The summed E-state index contributed by atoms with van der Waals surface area (Å²) in [5, 5.41) is 10.5. The number of carboxylic acids is 1. The lowest BCUT2D eigenvalue weighted by Crippen LogP contribution is -2.46. The molecule has 0 aliphatic carbocycles. The number of carboxylic acid groups (broad SMARTS) is 1. The van der Waals surface area contributed by atoms with E-state index in [0.717, 1.165) is 51.3 Å². The molecule has 1 aromatic carbocycles. The Bertz CT molecular complexity index is 620. The van der Waals surface area contributed by atoms with Crippen LogP contribution in [0.1, 0.15) is 33.1 Å². The summed E-state index contributed by atoms with van der Waals surface area (Å²) >= 11 is 0. The Morgan fingerprint density at radius 1 is 1.21 bits per heavy atom. The first-order chi connectivity index (χ1) is 13.7. The van der Waals surface area contributed by atoms with Gasteiger partial charge < -0.3 is 20.2 Å². The second-order valence-electron chi connectivity index (χ2n) is 6.88. The van der Waals surface area contributed by atoms with Crippen LogP contribution in [-0.2, 0) is 9.59 Å². The summed E-state index contributed by atoms with van der Waals surface area (Å²) < 4.78 is 31.7. The third-order valence-electron chi connectivity index (χ3n) is 4.54. The number of carbonyl (C=O) groups excluding carboxylic acids is 1. The summed E-state index contributed by atoms with van der Waals surface area (Å²) in [7, 11) is 0. The first kappa shape index (κ1) is 24.9. The van der Waals surface area contributed by atoms with Crippen LogP contribution < -0.4 is 10.2 Å². The molecule has 29 heavy (non-hydrogen) atoms. The van der Waals surface area contributed by atoms with Crippen molar-refractivity contribution in [3.05, 3.63) is 30.3 Å². The van der Waals surface area contributed by atoms with E-state index in [-0.39, 0.29) is 11.9 Å². The minimum atomic E-state index is -5.08. The molecule has 1 unspecified atom stereocenters. The van der Waals surface area contributed by atoms with Gasteiger partial charge in [0.25, 0.3) is 0 Å². The van der Waals surface area contributed by atoms with Gasteiger partial charge in [-0.25, -0.2) is 4.79 Å². The van der Waals surface area contributed by atoms with E-state index in [4.69, 9.17) is 9.90 Å². The maximum absolute atomic E-state index is 12.8. The van der Waals surface area contributed by atoms with Crippen LogP contribution in [0.25, 0.3) is 0 Å². The van der Waals surface area contributed by atoms with Crippen molar-refractivity contribution >= 4 is 17.6 Å². The minimum Gasteiger partial charge on any atom is -0.475 e. The van der Waals surface area contributed by atoms with Gasteiger partial charge in [0.05, 0.1) is 0 Å². The van der Waals surface area contributed by atoms with Gasteiger partial charge in [-0.1, -0.05) is 31.5 Å². The summed E-state index contributed by atoms with van der Waals surface area (Å²) in [6, 6.07) is 10.3. The van der Waals surface area contributed by atoms with E-state index in [1.54, 1.807) is 0 Å². The number of benzene rings is 1. The van der Waals surface area contributed by atoms with Gasteiger partial charge in [0.1, 0.15) is 0 Å². The zero-order valence-corrected chi connectivity index (χ0v) is 16.9. The zero-order chi connectivity index (χ0) is 21.9. The number of piperazine rings is 1. The predicted molar refractivity (Wildman–Crippen MR) is 106 cm³/mol. The van der Waals surface area contributed by atoms with Crippen molar-refractivity contribution < 1.29 is 27.9 Å². The van der Waals surface area contributed by atoms with Crippen LogP contribution >= 0.6 is 0 Å². The fourth-order valence-electron chi connectivity index (χ4n) is 3.09. The highest BCUT2D eigenvalue weighted by Gasteiger charge is 2.38. The largest absolute Gasteiger partial charge is 0.490 e. The van der Waals surface area contributed by atoms with E-state index in [1.165, 1.54) is 0 Å². The molecule has 2 rings (SSSR count). The molecule has 6 nitrogen and oxygen atoms in total. The van der Waals surface area contributed by atoms with Crippen LogP contribution in [0.15, 0.2) is 30.3 Å². The van der Waals surface area contributed by atoms with E-state index < -0.39 is 12.1 Å². The van der Waals surface area contributed by atoms with Gasteiger partial charge in [0.15, 0.2) is 0 Å². The molecule has 1 amide bonds. The molecule has 2 N–H and O–H groups in total. The number of anilines is 1. The summed E-state index contributed by atoms with van der Waals surface area (Å²) in [5.41, 5.74) is 1.02. The van der Waals surface area contributed by atoms with Crippen molar-refractivity contribution in [3.63, 3.8) is 0 Å². The average molecular weight is 417 g/mol. The highest BCUT2D eigenvalue weighted by molar-refractivity contribution is 5.94. The summed E-state index contributed by atoms with van der Waals surface area (Å²) in [6.45, 7) is 9.34. The minimum absolute atomic E-state index is 0.241. The van der Waals surface area contributed by atoms with Gasteiger partial charge in [-0.05, 0) is 25.5 Å². The van der Waals surface area contributed by atoms with Crippen molar-refractivity contribution in [2.75, 3.05) is 37.6 Å². The molecule has 1 aromatic rings. The molecular weight excluding hydrogens is 387 g/mol. The second-order valence-corrected chi connectivity index (χ2v) is 6.88. The molecule has 0 aromatic heterocycles. The summed E-state index contributed by atoms with van der Waals surface area (Å²) in [6.07, 6.45) is -2.35. The average Bonchev–Trinajstić information content (AvgIpc) is 2.68. The Morgan fingerprint density at radius 2 is 1.76 bits per heavy atom. The van der Waals surface area contributed by atoms with Crippen molar-refractivity contribution in [2.45, 2.75) is 45.3 Å². The number of nitrogens with one attached hydrogen (secondary N) is 1. The Kier molecular flexibility index (Phi) is 10.7. The van der Waals surface area contributed by atoms with Crippen molar-refractivity contribution in [1.82, 2.24) is 10.2 Å². The van der Waals surface area contributed by atoms with Gasteiger partial charge in [-0.2, -0.15) is 13.2 Å². The normalized spacial score (nSPS) is 15.8. The smallest absolute Gasteiger partial charge is 0.475 e. The molecule has 1 fully saturated rings. The first-order valence-electron chi connectivity index (χ1n) is 9.77. The van der Waals surface area contributed by atoms with Gasteiger partial charge in [0.2, 0.25) is 5.91 Å². The summed E-state index contributed by atoms with van der Waals surface area (Å²) in [4.78, 5) is 26.1. The van der Waals surface area contributed by atoms with Crippen molar-refractivity contribution in [3.8, 4) is 0 Å². The number of para-hydroxylation sites is 1. The van der Waals surface area contributed by atoms with Crippen molar-refractivity contribution in [1.29, 1.82) is 0 Å². The van der Waals surface area contributed by atoms with Gasteiger partial charge in [-0.3, -0.25) is 4.79 Å². The van der Waals surface area contributed by atoms with E-state index in [2.05, 4.69) is 24.1 Å². The maximum Gasteiger partial charge on any atom is 0.490 e. The van der Waals surface area contributed by atoms with Crippen LogP contribution in [0.5, 0.6) is 0 Å². The van der Waals surface area contributed by atoms with Gasteiger partial charge in [0, 0.05) is 50.9 Å². The zero-order valence-electron chi connectivity index (χ0n) is 16.9. The Morgan fingerprint density at radius 3 is 2.24 bits per heavy atom. The number of aliphatic carboxylic acids is 1. The number of rotatable bonds is 7. The second kappa shape index (κ2) is 12.4. The maximum atomic E-state index is 12.8. The molecule has 0 spiro atoms. The molecule has 1 atom stereocenters. The van der Waals surface area contributed by atoms with Crippen LogP contribution in [-0.4, -0.2) is 66.8 Å². The van der Waals surface area contributed by atoms with Crippen LogP contribution in [0.3, 0.4) is 0 Å². The SMILES string of the molecule is CCCC(C)N(C(=O)CCN1CCNCC1)c1ccccc1.O=C(O)C(F)(F)F. The molecule has 9 heteroatoms. The Hall–Kier alpha value is -2.13. The third-order valence-corrected chi connectivity index (χ3v) is 4.54. The number of hydrogen-bond acceptors (Lipinski definition) is 4. The highest BCUT2D eigenvalue weighted by Crippen LogP contribution is 2.20. The van der Waals surface area contributed by atoms with Crippen LogP contribution in [0, 0.1) is 0 Å². The fraction of sp³-hybridized carbons (Fsp3) is 0.600. The molecule has 1 saturated heterocycles.